The van der Waals surface area contributed by atoms with Gasteiger partial charge in [-0.1, -0.05) is 46.3 Å². The van der Waals surface area contributed by atoms with Gasteiger partial charge in [-0.15, -0.1) is 5.10 Å². The van der Waals surface area contributed by atoms with E-state index < -0.39 is 6.10 Å². The number of hydrogen-bond donors (Lipinski definition) is 1. The van der Waals surface area contributed by atoms with Gasteiger partial charge in [0.1, 0.15) is 6.10 Å². The van der Waals surface area contributed by atoms with Crippen LogP contribution in [0.25, 0.3) is 0 Å². The summed E-state index contributed by atoms with van der Waals surface area (Å²) >= 11 is 3.49. The number of rotatable bonds is 5. The van der Waals surface area contributed by atoms with Crippen LogP contribution in [0.5, 0.6) is 0 Å². The van der Waals surface area contributed by atoms with Crippen LogP contribution in [-0.2, 0) is 13.0 Å². The third kappa shape index (κ3) is 2.97. The third-order valence-corrected chi connectivity index (χ3v) is 3.57. The van der Waals surface area contributed by atoms with Crippen molar-refractivity contribution in [2.24, 2.45) is 0 Å². The largest absolute Gasteiger partial charge is 0.386 e. The summed E-state index contributed by atoms with van der Waals surface area (Å²) in [5, 5.41) is 18.1. The average Bonchev–Trinajstić information content (AvgIpc) is 2.81. The lowest BCUT2D eigenvalue weighted by molar-refractivity contribution is 0.166. The minimum absolute atomic E-state index is 0.554. The van der Waals surface area contributed by atoms with E-state index in [-0.39, 0.29) is 0 Å². The minimum atomic E-state index is -0.578. The molecule has 0 spiro atoms. The number of nitrogens with zero attached hydrogens (tertiary/aromatic N) is 3. The molecule has 1 atom stereocenters. The van der Waals surface area contributed by atoms with Crippen molar-refractivity contribution in [3.8, 4) is 0 Å². The average molecular weight is 310 g/mol. The maximum absolute atomic E-state index is 10.3. The Balaban J connectivity index is 2.14. The first-order valence-corrected chi connectivity index (χ1v) is 6.81. The minimum Gasteiger partial charge on any atom is -0.386 e. The molecule has 1 aromatic carbocycles. The Morgan fingerprint density at radius 2 is 2.17 bits per heavy atom. The fourth-order valence-electron chi connectivity index (χ4n) is 1.89. The van der Waals surface area contributed by atoms with E-state index in [4.69, 9.17) is 0 Å². The number of aliphatic hydroxyl groups is 1. The first kappa shape index (κ1) is 13.2. The highest BCUT2D eigenvalue weighted by molar-refractivity contribution is 9.10. The molecule has 2 rings (SSSR count). The van der Waals surface area contributed by atoms with E-state index in [0.29, 0.717) is 6.42 Å². The van der Waals surface area contributed by atoms with Crippen molar-refractivity contribution in [2.45, 2.75) is 32.4 Å². The monoisotopic (exact) mass is 309 g/mol. The van der Waals surface area contributed by atoms with E-state index in [1.807, 2.05) is 24.3 Å². The van der Waals surface area contributed by atoms with Crippen LogP contribution in [0.4, 0.5) is 0 Å². The fourth-order valence-corrected chi connectivity index (χ4v) is 2.33. The molecule has 0 amide bonds. The van der Waals surface area contributed by atoms with Crippen LogP contribution in [0.15, 0.2) is 34.9 Å². The molecule has 0 aliphatic heterocycles. The van der Waals surface area contributed by atoms with Gasteiger partial charge >= 0.3 is 0 Å². The quantitative estimate of drug-likeness (QED) is 0.924. The second-order valence-electron chi connectivity index (χ2n) is 4.19. The van der Waals surface area contributed by atoms with Crippen molar-refractivity contribution in [1.29, 1.82) is 0 Å². The molecule has 0 aliphatic carbocycles. The Morgan fingerprint density at radius 1 is 1.39 bits per heavy atom. The number of aromatic nitrogens is 3. The van der Waals surface area contributed by atoms with Gasteiger partial charge in [0.25, 0.3) is 0 Å². The van der Waals surface area contributed by atoms with Crippen LogP contribution < -0.4 is 0 Å². The van der Waals surface area contributed by atoms with E-state index in [1.165, 1.54) is 0 Å². The van der Waals surface area contributed by atoms with Crippen LogP contribution in [-0.4, -0.2) is 20.1 Å². The smallest absolute Gasteiger partial charge is 0.101 e. The number of aliphatic hydroxyl groups excluding tert-OH is 1. The summed E-state index contributed by atoms with van der Waals surface area (Å²) < 4.78 is 2.78. The second-order valence-corrected chi connectivity index (χ2v) is 5.05. The normalized spacial score (nSPS) is 12.6. The first-order valence-electron chi connectivity index (χ1n) is 6.02. The van der Waals surface area contributed by atoms with Gasteiger partial charge in [-0.2, -0.15) is 0 Å². The molecule has 0 saturated carbocycles. The lowest BCUT2D eigenvalue weighted by Gasteiger charge is -2.13. The standard InChI is InChI=1S/C13H16BrN3O/c1-2-7-17-12(9-15-16-17)13(18)8-10-5-3-4-6-11(10)14/h3-6,9,13,18H,2,7-8H2,1H3. The van der Waals surface area contributed by atoms with Gasteiger partial charge in [0.2, 0.25) is 0 Å². The van der Waals surface area contributed by atoms with Crippen molar-refractivity contribution in [3.63, 3.8) is 0 Å². The third-order valence-electron chi connectivity index (χ3n) is 2.80. The van der Waals surface area contributed by atoms with Gasteiger partial charge in [-0.3, -0.25) is 0 Å². The molecule has 0 radical (unpaired) electrons. The molecule has 0 saturated heterocycles. The summed E-state index contributed by atoms with van der Waals surface area (Å²) in [6.07, 6.45) is 2.58. The summed E-state index contributed by atoms with van der Waals surface area (Å²) in [4.78, 5) is 0. The van der Waals surface area contributed by atoms with Crippen LogP contribution in [0.2, 0.25) is 0 Å². The highest BCUT2D eigenvalue weighted by Crippen LogP contribution is 2.23. The van der Waals surface area contributed by atoms with Crippen LogP contribution in [0.1, 0.15) is 30.7 Å². The first-order chi connectivity index (χ1) is 8.72. The van der Waals surface area contributed by atoms with Gasteiger partial charge in [0.15, 0.2) is 0 Å². The van der Waals surface area contributed by atoms with E-state index >= 15 is 0 Å². The maximum atomic E-state index is 10.3. The molecule has 0 aliphatic rings. The predicted octanol–water partition coefficient (Wildman–Crippen LogP) is 2.73. The highest BCUT2D eigenvalue weighted by Gasteiger charge is 2.15. The van der Waals surface area contributed by atoms with E-state index in [2.05, 4.69) is 33.2 Å². The van der Waals surface area contributed by atoms with E-state index in [0.717, 1.165) is 28.7 Å². The van der Waals surface area contributed by atoms with Crippen molar-refractivity contribution >= 4 is 15.9 Å². The molecule has 0 bridgehead atoms. The lowest BCUT2D eigenvalue weighted by atomic mass is 10.1. The number of aryl methyl sites for hydroxylation is 1. The SMILES string of the molecule is CCCn1nncc1C(O)Cc1ccccc1Br. The summed E-state index contributed by atoms with van der Waals surface area (Å²) in [6.45, 7) is 2.86. The highest BCUT2D eigenvalue weighted by atomic mass is 79.9. The molecule has 18 heavy (non-hydrogen) atoms. The Labute approximate surface area is 115 Å². The van der Waals surface area contributed by atoms with Gasteiger partial charge in [0, 0.05) is 17.4 Å². The zero-order chi connectivity index (χ0) is 13.0. The van der Waals surface area contributed by atoms with Gasteiger partial charge in [0.05, 0.1) is 11.9 Å². The molecular formula is C13H16BrN3O. The molecule has 1 N–H and O–H groups in total. The maximum Gasteiger partial charge on any atom is 0.101 e. The van der Waals surface area contributed by atoms with Crippen LogP contribution in [0, 0.1) is 0 Å². The number of hydrogen-bond acceptors (Lipinski definition) is 3. The Morgan fingerprint density at radius 3 is 2.89 bits per heavy atom. The Bertz CT molecular complexity index is 512. The zero-order valence-electron chi connectivity index (χ0n) is 10.3. The molecule has 4 nitrogen and oxygen atoms in total. The van der Waals surface area contributed by atoms with Crippen molar-refractivity contribution in [3.05, 3.63) is 46.2 Å². The van der Waals surface area contributed by atoms with E-state index in [1.54, 1.807) is 10.9 Å². The molecule has 1 unspecified atom stereocenters. The fraction of sp³-hybridized carbons (Fsp3) is 0.385. The van der Waals surface area contributed by atoms with Gasteiger partial charge < -0.3 is 5.11 Å². The van der Waals surface area contributed by atoms with Gasteiger partial charge in [-0.25, -0.2) is 4.68 Å². The summed E-state index contributed by atoms with van der Waals surface area (Å²) in [6, 6.07) is 7.90. The summed E-state index contributed by atoms with van der Waals surface area (Å²) in [5.41, 5.74) is 1.85. The molecule has 1 aromatic heterocycles. The second kappa shape index (κ2) is 6.11. The summed E-state index contributed by atoms with van der Waals surface area (Å²) in [5.74, 6) is 0. The number of benzene rings is 1. The van der Waals surface area contributed by atoms with E-state index in [9.17, 15) is 5.11 Å². The topological polar surface area (TPSA) is 50.9 Å². The van der Waals surface area contributed by atoms with Crippen LogP contribution in [0.3, 0.4) is 0 Å². The Kier molecular flexibility index (Phi) is 4.49. The predicted molar refractivity (Wildman–Crippen MR) is 73.1 cm³/mol. The summed E-state index contributed by atoms with van der Waals surface area (Å²) in [7, 11) is 0. The van der Waals surface area contributed by atoms with Gasteiger partial charge in [-0.05, 0) is 18.1 Å². The lowest BCUT2D eigenvalue weighted by Crippen LogP contribution is -2.11. The molecule has 0 fully saturated rings. The number of halogens is 1. The molecule has 1 heterocycles. The molecule has 5 heteroatoms. The van der Waals surface area contributed by atoms with Crippen molar-refractivity contribution in [1.82, 2.24) is 15.0 Å². The molecular weight excluding hydrogens is 294 g/mol. The van der Waals surface area contributed by atoms with Crippen LogP contribution >= 0.6 is 15.9 Å². The molecule has 2 aromatic rings. The Hall–Kier alpha value is -1.20. The van der Waals surface area contributed by atoms with Crippen molar-refractivity contribution < 1.29 is 5.11 Å². The van der Waals surface area contributed by atoms with Crippen molar-refractivity contribution in [2.75, 3.05) is 0 Å². The zero-order valence-corrected chi connectivity index (χ0v) is 11.8. The molecule has 96 valence electrons.